The predicted octanol–water partition coefficient (Wildman–Crippen LogP) is 4.57. The molecule has 6 nitrogen and oxygen atoms in total. The Morgan fingerprint density at radius 1 is 1.23 bits per heavy atom. The average Bonchev–Trinajstić information content (AvgIpc) is 2.68. The average molecular weight is 417 g/mol. The molecule has 0 aromatic heterocycles. The van der Waals surface area contributed by atoms with Crippen LogP contribution in [0.5, 0.6) is 0 Å². The third kappa shape index (κ3) is 6.18. The number of allylic oxidation sites excluding steroid dienone is 4. The van der Waals surface area contributed by atoms with Crippen LogP contribution >= 0.6 is 0 Å². The molecule has 0 unspecified atom stereocenters. The first-order chi connectivity index (χ1) is 14.0. The smallest absolute Gasteiger partial charge is 0.305 e. The van der Waals surface area contributed by atoms with Gasteiger partial charge in [0.25, 0.3) is 0 Å². The number of hydrogen-bond donors (Lipinski definition) is 0. The molecule has 4 atom stereocenters. The summed E-state index contributed by atoms with van der Waals surface area (Å²) in [4.78, 5) is 36.2. The molecule has 0 aromatic rings. The molecule has 2 aliphatic rings. The molecule has 0 amide bonds. The monoisotopic (exact) mass is 416 g/mol. The van der Waals surface area contributed by atoms with E-state index in [1.54, 1.807) is 0 Å². The van der Waals surface area contributed by atoms with E-state index < -0.39 is 17.9 Å². The van der Waals surface area contributed by atoms with E-state index in [0.29, 0.717) is 24.8 Å². The van der Waals surface area contributed by atoms with E-state index in [0.717, 1.165) is 11.1 Å². The van der Waals surface area contributed by atoms with Crippen LogP contribution in [0.15, 0.2) is 47.8 Å². The lowest BCUT2D eigenvalue weighted by Gasteiger charge is -2.38. The van der Waals surface area contributed by atoms with Gasteiger partial charge in [0.05, 0.1) is 12.2 Å². The fourth-order valence-corrected chi connectivity index (χ4v) is 3.99. The highest BCUT2D eigenvalue weighted by molar-refractivity contribution is 5.96. The van der Waals surface area contributed by atoms with Gasteiger partial charge in [-0.2, -0.15) is 0 Å². The fraction of sp³-hybridized carbons (Fsp3) is 0.542. The molecule has 1 heterocycles. The second-order valence-corrected chi connectivity index (χ2v) is 8.44. The number of ether oxygens (including phenoxy) is 3. The van der Waals surface area contributed by atoms with E-state index in [1.165, 1.54) is 20.1 Å². The van der Waals surface area contributed by atoms with Crippen LogP contribution in [0.25, 0.3) is 0 Å². The molecule has 0 fully saturated rings. The molecule has 0 spiro atoms. The number of hydrogen-bond acceptors (Lipinski definition) is 6. The standard InChI is InChI=1S/C24H32O6/c1-15(2)9-10-21(27)20-14-28-23(29-17(4)25)22-16(3)8-7-12-24(6,30-18(5)26)13-11-19(20)22/h7,9,12,14,19,22-23H,3,8,10-11,13H2,1-2,4-6H3/b12-7+/t19-,22+,23+,24+/m1/s1. The van der Waals surface area contributed by atoms with E-state index in [9.17, 15) is 14.4 Å². The first-order valence-corrected chi connectivity index (χ1v) is 10.3. The molecule has 2 rings (SSSR count). The maximum absolute atomic E-state index is 13.0. The van der Waals surface area contributed by atoms with Gasteiger partial charge in [0.2, 0.25) is 6.29 Å². The Labute approximate surface area is 178 Å². The van der Waals surface area contributed by atoms with Crippen LogP contribution in [-0.4, -0.2) is 29.6 Å². The van der Waals surface area contributed by atoms with Gasteiger partial charge in [-0.05, 0) is 46.1 Å². The summed E-state index contributed by atoms with van der Waals surface area (Å²) in [5.74, 6) is -1.49. The predicted molar refractivity (Wildman–Crippen MR) is 113 cm³/mol. The molecule has 0 aromatic carbocycles. The maximum Gasteiger partial charge on any atom is 0.305 e. The molecule has 0 saturated heterocycles. The van der Waals surface area contributed by atoms with Crippen molar-refractivity contribution in [2.75, 3.05) is 0 Å². The first kappa shape index (κ1) is 23.6. The molecule has 1 aliphatic heterocycles. The summed E-state index contributed by atoms with van der Waals surface area (Å²) >= 11 is 0. The summed E-state index contributed by atoms with van der Waals surface area (Å²) in [5, 5.41) is 0. The Hall–Kier alpha value is -2.63. The van der Waals surface area contributed by atoms with Crippen LogP contribution in [0.1, 0.15) is 60.3 Å². The van der Waals surface area contributed by atoms with Crippen molar-refractivity contribution in [3.8, 4) is 0 Å². The zero-order valence-corrected chi connectivity index (χ0v) is 18.5. The van der Waals surface area contributed by atoms with Crippen molar-refractivity contribution in [3.63, 3.8) is 0 Å². The highest BCUT2D eigenvalue weighted by Crippen LogP contribution is 2.43. The SMILES string of the molecule is C=C1C/C=C/[C@](C)(OC(C)=O)CC[C@@H]2C(C(=O)CC=C(C)C)=CO[C@@H](OC(C)=O)[C@@H]12. The van der Waals surface area contributed by atoms with Gasteiger partial charge in [-0.25, -0.2) is 0 Å². The summed E-state index contributed by atoms with van der Waals surface area (Å²) in [5.41, 5.74) is 1.62. The quantitative estimate of drug-likeness (QED) is 0.483. The largest absolute Gasteiger partial charge is 0.461 e. The molecule has 0 radical (unpaired) electrons. The third-order valence-corrected chi connectivity index (χ3v) is 5.41. The molecule has 0 saturated carbocycles. The number of carbonyl (C=O) groups excluding carboxylic acids is 3. The van der Waals surface area contributed by atoms with E-state index in [-0.39, 0.29) is 30.0 Å². The number of ketones is 1. The number of esters is 2. The molecule has 0 bridgehead atoms. The van der Waals surface area contributed by atoms with E-state index in [2.05, 4.69) is 6.58 Å². The van der Waals surface area contributed by atoms with Gasteiger partial charge in [0.1, 0.15) is 5.60 Å². The van der Waals surface area contributed by atoms with Crippen LogP contribution in [0.4, 0.5) is 0 Å². The second kappa shape index (κ2) is 9.92. The van der Waals surface area contributed by atoms with Crippen LogP contribution in [0.2, 0.25) is 0 Å². The number of fused-ring (bicyclic) bond motifs is 1. The van der Waals surface area contributed by atoms with E-state index in [1.807, 2.05) is 39.0 Å². The van der Waals surface area contributed by atoms with Crippen molar-refractivity contribution in [3.05, 3.63) is 47.8 Å². The van der Waals surface area contributed by atoms with E-state index in [4.69, 9.17) is 14.2 Å². The molecular formula is C24H32O6. The first-order valence-electron chi connectivity index (χ1n) is 10.3. The van der Waals surface area contributed by atoms with Crippen molar-refractivity contribution in [1.29, 1.82) is 0 Å². The summed E-state index contributed by atoms with van der Waals surface area (Å²) in [6, 6.07) is 0. The second-order valence-electron chi connectivity index (χ2n) is 8.44. The summed E-state index contributed by atoms with van der Waals surface area (Å²) < 4.78 is 16.7. The summed E-state index contributed by atoms with van der Waals surface area (Å²) in [6.45, 7) is 12.6. The van der Waals surface area contributed by atoms with Crippen LogP contribution in [-0.2, 0) is 28.6 Å². The Morgan fingerprint density at radius 2 is 1.93 bits per heavy atom. The lowest BCUT2D eigenvalue weighted by molar-refractivity contribution is -0.180. The van der Waals surface area contributed by atoms with E-state index >= 15 is 0 Å². The van der Waals surface area contributed by atoms with Gasteiger partial charge in [-0.15, -0.1) is 0 Å². The molecular weight excluding hydrogens is 384 g/mol. The summed E-state index contributed by atoms with van der Waals surface area (Å²) in [7, 11) is 0. The zero-order chi connectivity index (χ0) is 22.5. The highest BCUT2D eigenvalue weighted by atomic mass is 16.7. The number of Topliss-reactive ketones (excluding diaryl/α,β-unsaturated/α-hetero) is 1. The third-order valence-electron chi connectivity index (χ3n) is 5.41. The van der Waals surface area contributed by atoms with Crippen LogP contribution < -0.4 is 0 Å². The molecule has 164 valence electrons. The Balaban J connectivity index is 2.42. The zero-order valence-electron chi connectivity index (χ0n) is 18.5. The van der Waals surface area contributed by atoms with Crippen LogP contribution in [0, 0.1) is 11.8 Å². The lowest BCUT2D eigenvalue weighted by atomic mass is 9.74. The Morgan fingerprint density at radius 3 is 2.53 bits per heavy atom. The molecule has 1 aliphatic carbocycles. The molecule has 30 heavy (non-hydrogen) atoms. The maximum atomic E-state index is 13.0. The number of rotatable bonds is 5. The topological polar surface area (TPSA) is 78.9 Å². The van der Waals surface area contributed by atoms with Crippen molar-refractivity contribution in [1.82, 2.24) is 0 Å². The molecule has 0 N–H and O–H groups in total. The fourth-order valence-electron chi connectivity index (χ4n) is 3.99. The summed E-state index contributed by atoms with van der Waals surface area (Å²) in [6.07, 6.45) is 8.06. The minimum absolute atomic E-state index is 0.0401. The van der Waals surface area contributed by atoms with Crippen LogP contribution in [0.3, 0.4) is 0 Å². The normalized spacial score (nSPS) is 29.6. The van der Waals surface area contributed by atoms with Crippen molar-refractivity contribution in [2.45, 2.75) is 72.2 Å². The van der Waals surface area contributed by atoms with Gasteiger partial charge in [-0.1, -0.05) is 29.9 Å². The lowest BCUT2D eigenvalue weighted by Crippen LogP contribution is -2.40. The van der Waals surface area contributed by atoms with Gasteiger partial charge >= 0.3 is 11.9 Å². The minimum atomic E-state index is -0.841. The van der Waals surface area contributed by atoms with Gasteiger partial charge in [0, 0.05) is 31.8 Å². The minimum Gasteiger partial charge on any atom is -0.461 e. The highest BCUT2D eigenvalue weighted by Gasteiger charge is 2.43. The number of carbonyl (C=O) groups is 3. The van der Waals surface area contributed by atoms with Crippen molar-refractivity contribution in [2.24, 2.45) is 11.8 Å². The van der Waals surface area contributed by atoms with Gasteiger partial charge < -0.3 is 14.2 Å². The van der Waals surface area contributed by atoms with Gasteiger partial charge in [0.15, 0.2) is 5.78 Å². The van der Waals surface area contributed by atoms with Gasteiger partial charge in [-0.3, -0.25) is 14.4 Å². The Kier molecular flexibility index (Phi) is 7.82. The Bertz CT molecular complexity index is 799. The van der Waals surface area contributed by atoms with Crippen molar-refractivity contribution >= 4 is 17.7 Å². The molecule has 6 heteroatoms. The van der Waals surface area contributed by atoms with Crippen molar-refractivity contribution < 1.29 is 28.6 Å².